The lowest BCUT2D eigenvalue weighted by molar-refractivity contribution is -0.765. The number of amides is 3. The van der Waals surface area contributed by atoms with Gasteiger partial charge in [0.1, 0.15) is 11.4 Å². The van der Waals surface area contributed by atoms with Crippen LogP contribution >= 0.6 is 11.8 Å². The molecule has 1 fully saturated rings. The Morgan fingerprint density at radius 1 is 1.48 bits per heavy atom. The van der Waals surface area contributed by atoms with Gasteiger partial charge in [-0.3, -0.25) is 19.3 Å². The summed E-state index contributed by atoms with van der Waals surface area (Å²) >= 11 is 1.39. The molecule has 0 radical (unpaired) electrons. The Hall–Kier alpha value is -2.86. The summed E-state index contributed by atoms with van der Waals surface area (Å²) in [6.45, 7) is 0.344. The van der Waals surface area contributed by atoms with E-state index >= 15 is 0 Å². The first-order valence-electron chi connectivity index (χ1n) is 7.99. The first kappa shape index (κ1) is 18.9. The molecule has 1 aromatic rings. The molecule has 0 unspecified atom stereocenters. The van der Waals surface area contributed by atoms with E-state index < -0.39 is 23.3 Å². The number of nitrogens with one attached hydrogen (secondary N) is 2. The Labute approximate surface area is 158 Å². The molecule has 11 nitrogen and oxygen atoms in total. The molecule has 4 N–H and O–H groups in total. The molecule has 2 atom stereocenters. The van der Waals surface area contributed by atoms with Crippen molar-refractivity contribution in [1.82, 2.24) is 14.9 Å². The molecular formula is C15H18N6O5S. The molecule has 12 heteroatoms. The summed E-state index contributed by atoms with van der Waals surface area (Å²) in [5, 5.41) is 16.3. The van der Waals surface area contributed by atoms with Crippen LogP contribution in [0.25, 0.3) is 0 Å². The Morgan fingerprint density at radius 2 is 2.22 bits per heavy atom. The van der Waals surface area contributed by atoms with E-state index in [2.05, 4.69) is 10.6 Å². The summed E-state index contributed by atoms with van der Waals surface area (Å²) in [6, 6.07) is -0.710. The second-order valence-electron chi connectivity index (χ2n) is 6.06. The van der Waals surface area contributed by atoms with Crippen LogP contribution in [0.2, 0.25) is 0 Å². The number of fused-ring (bicyclic) bond motifs is 1. The molecule has 0 spiro atoms. The SMILES string of the molecule is Cn1c(NC=O)c(CNC=O)c[n+]1CC1=C(C(=O)[O-])N2C(=O)[C@@H](N)[C@H]2SC1. The molecule has 0 saturated carbocycles. The van der Waals surface area contributed by atoms with Gasteiger partial charge >= 0.3 is 0 Å². The molecule has 0 bridgehead atoms. The van der Waals surface area contributed by atoms with Crippen LogP contribution in [0, 0.1) is 0 Å². The molecule has 1 saturated heterocycles. The fraction of sp³-hybridized carbons (Fsp3) is 0.400. The van der Waals surface area contributed by atoms with Crippen molar-refractivity contribution in [2.24, 2.45) is 12.8 Å². The van der Waals surface area contributed by atoms with E-state index in [1.165, 1.54) is 16.7 Å². The number of carbonyl (C=O) groups is 4. The minimum Gasteiger partial charge on any atom is -0.543 e. The monoisotopic (exact) mass is 394 g/mol. The van der Waals surface area contributed by atoms with Crippen molar-refractivity contribution < 1.29 is 29.0 Å². The van der Waals surface area contributed by atoms with E-state index in [9.17, 15) is 24.3 Å². The van der Waals surface area contributed by atoms with E-state index in [1.807, 2.05) is 0 Å². The minimum atomic E-state index is -1.43. The highest BCUT2D eigenvalue weighted by Gasteiger charge is 2.50. The lowest BCUT2D eigenvalue weighted by Gasteiger charge is -2.49. The number of carbonyl (C=O) groups excluding carboxylic acids is 4. The number of nitrogens with zero attached hydrogens (tertiary/aromatic N) is 3. The molecule has 0 aliphatic carbocycles. The summed E-state index contributed by atoms with van der Waals surface area (Å²) in [6.07, 6.45) is 2.73. The van der Waals surface area contributed by atoms with Crippen LogP contribution in [0.5, 0.6) is 0 Å². The summed E-state index contributed by atoms with van der Waals surface area (Å²) in [5.41, 5.74) is 6.70. The summed E-state index contributed by atoms with van der Waals surface area (Å²) < 4.78 is 3.30. The van der Waals surface area contributed by atoms with Gasteiger partial charge in [-0.1, -0.05) is 0 Å². The van der Waals surface area contributed by atoms with Crippen molar-refractivity contribution in [2.45, 2.75) is 24.5 Å². The zero-order chi connectivity index (χ0) is 19.7. The molecule has 3 heterocycles. The van der Waals surface area contributed by atoms with Gasteiger partial charge < -0.3 is 26.3 Å². The van der Waals surface area contributed by atoms with Crippen molar-refractivity contribution >= 4 is 42.3 Å². The standard InChI is InChI=1S/C15H18N6O5S/c1-19-12(18-7-23)8(2-17-6-22)3-20(19)4-9-5-27-14-10(16)13(24)21(14)11(9)15(25)26/h3,6-7,10,14H,2,4-5,16H2,1H3,(H2,17,22,25,26)/t10-,14-/m1/s1. The number of hydrogen-bond acceptors (Lipinski definition) is 7. The summed E-state index contributed by atoms with van der Waals surface area (Å²) in [4.78, 5) is 46.3. The number of anilines is 1. The number of aromatic nitrogens is 2. The fourth-order valence-corrected chi connectivity index (χ4v) is 4.51. The van der Waals surface area contributed by atoms with Gasteiger partial charge in [0.2, 0.25) is 24.9 Å². The van der Waals surface area contributed by atoms with Gasteiger partial charge in [0.15, 0.2) is 12.4 Å². The highest BCUT2D eigenvalue weighted by molar-refractivity contribution is 8.00. The lowest BCUT2D eigenvalue weighted by Crippen LogP contribution is -2.69. The highest BCUT2D eigenvalue weighted by Crippen LogP contribution is 2.39. The predicted molar refractivity (Wildman–Crippen MR) is 91.3 cm³/mol. The Morgan fingerprint density at radius 3 is 2.85 bits per heavy atom. The van der Waals surface area contributed by atoms with Crippen molar-refractivity contribution in [3.8, 4) is 0 Å². The van der Waals surface area contributed by atoms with E-state index in [0.717, 1.165) is 0 Å². The van der Waals surface area contributed by atoms with Crippen LogP contribution < -0.4 is 26.2 Å². The number of β-lactam (4-membered cyclic amide) rings is 1. The normalized spacial score (nSPS) is 21.4. The number of rotatable bonds is 8. The highest BCUT2D eigenvalue weighted by atomic mass is 32.2. The predicted octanol–water partition coefficient (Wildman–Crippen LogP) is -3.63. The molecule has 3 amide bonds. The molecule has 2 aliphatic rings. The van der Waals surface area contributed by atoms with Gasteiger partial charge in [0.05, 0.1) is 30.8 Å². The maximum absolute atomic E-state index is 12.0. The molecule has 1 aromatic heterocycles. The third-order valence-electron chi connectivity index (χ3n) is 4.52. The van der Waals surface area contributed by atoms with E-state index in [4.69, 9.17) is 5.73 Å². The van der Waals surface area contributed by atoms with Gasteiger partial charge in [0.25, 0.3) is 0 Å². The van der Waals surface area contributed by atoms with Gasteiger partial charge in [-0.15, -0.1) is 21.1 Å². The first-order chi connectivity index (χ1) is 12.9. The van der Waals surface area contributed by atoms with Crippen molar-refractivity contribution in [1.29, 1.82) is 0 Å². The van der Waals surface area contributed by atoms with Crippen molar-refractivity contribution in [3.05, 3.63) is 23.0 Å². The second-order valence-corrected chi connectivity index (χ2v) is 7.17. The number of thioether (sulfide) groups is 1. The second kappa shape index (κ2) is 7.40. The zero-order valence-corrected chi connectivity index (χ0v) is 15.2. The third kappa shape index (κ3) is 3.17. The quantitative estimate of drug-likeness (QED) is 0.234. The maximum Gasteiger partial charge on any atom is 0.248 e. The molecule has 27 heavy (non-hydrogen) atoms. The van der Waals surface area contributed by atoms with Gasteiger partial charge in [0, 0.05) is 11.3 Å². The molecule has 144 valence electrons. The molecule has 3 rings (SSSR count). The molecule has 2 aliphatic heterocycles. The summed E-state index contributed by atoms with van der Waals surface area (Å²) in [5.74, 6) is -1.04. The van der Waals surface area contributed by atoms with Gasteiger partial charge in [-0.25, -0.2) is 0 Å². The lowest BCUT2D eigenvalue weighted by atomic mass is 10.0. The largest absolute Gasteiger partial charge is 0.543 e. The summed E-state index contributed by atoms with van der Waals surface area (Å²) in [7, 11) is 1.68. The van der Waals surface area contributed by atoms with Gasteiger partial charge in [-0.2, -0.15) is 0 Å². The molecular weight excluding hydrogens is 376 g/mol. The van der Waals surface area contributed by atoms with Crippen LogP contribution in [0.15, 0.2) is 17.5 Å². The average molecular weight is 394 g/mol. The fourth-order valence-electron chi connectivity index (χ4n) is 3.22. The number of nitrogens with two attached hydrogens (primary N) is 1. The van der Waals surface area contributed by atoms with Crippen LogP contribution in [-0.2, 0) is 39.3 Å². The zero-order valence-electron chi connectivity index (χ0n) is 14.4. The van der Waals surface area contributed by atoms with Crippen LogP contribution in [0.1, 0.15) is 5.56 Å². The molecule has 0 aromatic carbocycles. The Bertz CT molecular complexity index is 850. The van der Waals surface area contributed by atoms with Gasteiger partial charge in [-0.05, 0) is 0 Å². The Balaban J connectivity index is 1.95. The van der Waals surface area contributed by atoms with Crippen molar-refractivity contribution in [2.75, 3.05) is 11.1 Å². The van der Waals surface area contributed by atoms with E-state index in [-0.39, 0.29) is 18.8 Å². The third-order valence-corrected chi connectivity index (χ3v) is 5.88. The maximum atomic E-state index is 12.0. The van der Waals surface area contributed by atoms with Crippen LogP contribution in [0.4, 0.5) is 5.82 Å². The van der Waals surface area contributed by atoms with Crippen molar-refractivity contribution in [3.63, 3.8) is 0 Å². The number of carboxylic acid groups (broad SMARTS) is 1. The smallest absolute Gasteiger partial charge is 0.248 e. The number of hydrogen-bond donors (Lipinski definition) is 3. The van der Waals surface area contributed by atoms with E-state index in [0.29, 0.717) is 35.5 Å². The minimum absolute atomic E-state index is 0.156. The number of aliphatic carboxylic acids is 1. The van der Waals surface area contributed by atoms with Crippen LogP contribution in [-0.4, -0.2) is 51.4 Å². The first-order valence-corrected chi connectivity index (χ1v) is 9.04. The van der Waals surface area contributed by atoms with Crippen LogP contribution in [0.3, 0.4) is 0 Å². The number of carboxylic acids is 1. The topological polar surface area (TPSA) is 153 Å². The van der Waals surface area contributed by atoms with E-state index in [1.54, 1.807) is 22.6 Å². The average Bonchev–Trinajstić information content (AvgIpc) is 2.94. The Kier molecular flexibility index (Phi) is 5.19.